The highest BCUT2D eigenvalue weighted by molar-refractivity contribution is 5.79. The minimum atomic E-state index is -0.202. The summed E-state index contributed by atoms with van der Waals surface area (Å²) in [4.78, 5) is 17.4. The molecule has 104 valence electrons. The number of ether oxygens (including phenoxy) is 1. The Kier molecular flexibility index (Phi) is 6.32. The molecule has 1 rings (SSSR count). The van der Waals surface area contributed by atoms with Gasteiger partial charge in [0, 0.05) is 32.7 Å². The van der Waals surface area contributed by atoms with E-state index in [-0.39, 0.29) is 6.09 Å². The van der Waals surface area contributed by atoms with Gasteiger partial charge in [-0.05, 0) is 26.7 Å². The summed E-state index contributed by atoms with van der Waals surface area (Å²) in [6.45, 7) is 6.62. The fraction of sp³-hybridized carbons (Fsp3) is 0.833. The van der Waals surface area contributed by atoms with Gasteiger partial charge < -0.3 is 20.3 Å². The van der Waals surface area contributed by atoms with E-state index in [9.17, 15) is 4.79 Å². The van der Waals surface area contributed by atoms with Crippen LogP contribution in [0.1, 0.15) is 26.7 Å². The number of aliphatic imine (C=N–C) groups is 1. The normalized spacial score (nSPS) is 17.5. The van der Waals surface area contributed by atoms with Crippen LogP contribution in [0.15, 0.2) is 4.99 Å². The highest BCUT2D eigenvalue weighted by Crippen LogP contribution is 2.11. The monoisotopic (exact) mass is 256 g/mol. The lowest BCUT2D eigenvalue weighted by atomic mass is 10.1. The number of piperidine rings is 1. The summed E-state index contributed by atoms with van der Waals surface area (Å²) in [7, 11) is 1.76. The first kappa shape index (κ1) is 14.6. The predicted octanol–water partition coefficient (Wildman–Crippen LogP) is 0.792. The number of carbonyl (C=O) groups excluding carboxylic acids is 1. The Labute approximate surface area is 109 Å². The molecule has 0 aromatic heterocycles. The molecule has 0 radical (unpaired) electrons. The van der Waals surface area contributed by atoms with Crippen LogP contribution >= 0.6 is 0 Å². The van der Waals surface area contributed by atoms with Crippen LogP contribution in [0.5, 0.6) is 0 Å². The molecule has 0 aliphatic carbocycles. The smallest absolute Gasteiger partial charge is 0.409 e. The van der Waals surface area contributed by atoms with Gasteiger partial charge in [0.2, 0.25) is 0 Å². The number of nitrogens with one attached hydrogen (secondary N) is 2. The molecule has 1 aliphatic rings. The second kappa shape index (κ2) is 7.79. The van der Waals surface area contributed by atoms with Crippen molar-refractivity contribution in [3.8, 4) is 0 Å². The number of hydrogen-bond acceptors (Lipinski definition) is 3. The third-order valence-corrected chi connectivity index (χ3v) is 2.93. The summed E-state index contributed by atoms with van der Waals surface area (Å²) in [6, 6.07) is 0.369. The maximum Gasteiger partial charge on any atom is 0.409 e. The summed E-state index contributed by atoms with van der Waals surface area (Å²) in [5.41, 5.74) is 0. The van der Waals surface area contributed by atoms with Gasteiger partial charge in [0.1, 0.15) is 0 Å². The Morgan fingerprint density at radius 3 is 2.56 bits per heavy atom. The molecule has 1 amide bonds. The average Bonchev–Trinajstić information content (AvgIpc) is 2.39. The summed E-state index contributed by atoms with van der Waals surface area (Å²) in [5.74, 6) is 0.826. The van der Waals surface area contributed by atoms with Crippen LogP contribution in [0.4, 0.5) is 4.79 Å². The highest BCUT2D eigenvalue weighted by Gasteiger charge is 2.23. The van der Waals surface area contributed by atoms with Crippen molar-refractivity contribution in [3.63, 3.8) is 0 Å². The van der Waals surface area contributed by atoms with E-state index in [1.54, 1.807) is 11.9 Å². The van der Waals surface area contributed by atoms with Crippen molar-refractivity contribution in [2.45, 2.75) is 32.7 Å². The molecule has 1 heterocycles. The van der Waals surface area contributed by atoms with Crippen LogP contribution in [0.3, 0.4) is 0 Å². The lowest BCUT2D eigenvalue weighted by Crippen LogP contribution is -2.49. The first-order valence-electron chi connectivity index (χ1n) is 6.60. The zero-order valence-electron chi connectivity index (χ0n) is 11.5. The van der Waals surface area contributed by atoms with Crippen molar-refractivity contribution in [2.75, 3.05) is 33.3 Å². The maximum absolute atomic E-state index is 11.5. The Balaban J connectivity index is 2.33. The van der Waals surface area contributed by atoms with Gasteiger partial charge in [-0.3, -0.25) is 4.99 Å². The van der Waals surface area contributed by atoms with Crippen molar-refractivity contribution < 1.29 is 9.53 Å². The molecule has 0 spiro atoms. The number of rotatable bonds is 3. The topological polar surface area (TPSA) is 66.0 Å². The van der Waals surface area contributed by atoms with Gasteiger partial charge in [-0.2, -0.15) is 0 Å². The SMILES string of the molecule is CCNC(=NC)NC1CCN(C(=O)OCC)CC1. The molecule has 1 fully saturated rings. The first-order chi connectivity index (χ1) is 8.71. The number of nitrogens with zero attached hydrogens (tertiary/aromatic N) is 2. The maximum atomic E-state index is 11.5. The molecule has 6 nitrogen and oxygen atoms in total. The molecule has 0 aromatic carbocycles. The zero-order valence-corrected chi connectivity index (χ0v) is 11.5. The molecular weight excluding hydrogens is 232 g/mol. The van der Waals surface area contributed by atoms with Crippen LogP contribution in [-0.2, 0) is 4.74 Å². The number of guanidine groups is 1. The van der Waals surface area contributed by atoms with Crippen LogP contribution in [0.2, 0.25) is 0 Å². The third kappa shape index (κ3) is 4.43. The molecule has 0 aromatic rings. The quantitative estimate of drug-likeness (QED) is 0.579. The number of amides is 1. The zero-order chi connectivity index (χ0) is 13.4. The van der Waals surface area contributed by atoms with E-state index in [2.05, 4.69) is 15.6 Å². The largest absolute Gasteiger partial charge is 0.450 e. The Hall–Kier alpha value is -1.46. The molecular formula is C12H24N4O2. The third-order valence-electron chi connectivity index (χ3n) is 2.93. The van der Waals surface area contributed by atoms with Crippen LogP contribution in [0, 0.1) is 0 Å². The molecule has 18 heavy (non-hydrogen) atoms. The molecule has 6 heteroatoms. The van der Waals surface area contributed by atoms with Crippen molar-refractivity contribution in [1.82, 2.24) is 15.5 Å². The van der Waals surface area contributed by atoms with Gasteiger partial charge in [-0.1, -0.05) is 0 Å². The van der Waals surface area contributed by atoms with E-state index in [0.717, 1.165) is 38.4 Å². The summed E-state index contributed by atoms with van der Waals surface area (Å²) >= 11 is 0. The van der Waals surface area contributed by atoms with E-state index >= 15 is 0 Å². The van der Waals surface area contributed by atoms with E-state index in [0.29, 0.717) is 12.6 Å². The van der Waals surface area contributed by atoms with E-state index < -0.39 is 0 Å². The molecule has 0 bridgehead atoms. The molecule has 0 unspecified atom stereocenters. The number of hydrogen-bond donors (Lipinski definition) is 2. The van der Waals surface area contributed by atoms with E-state index in [4.69, 9.17) is 4.74 Å². The second-order valence-corrected chi connectivity index (χ2v) is 4.21. The van der Waals surface area contributed by atoms with E-state index in [1.807, 2.05) is 13.8 Å². The number of carbonyl (C=O) groups is 1. The van der Waals surface area contributed by atoms with Crippen molar-refractivity contribution in [1.29, 1.82) is 0 Å². The van der Waals surface area contributed by atoms with Crippen LogP contribution in [0.25, 0.3) is 0 Å². The lowest BCUT2D eigenvalue weighted by molar-refractivity contribution is 0.0963. The fourth-order valence-electron chi connectivity index (χ4n) is 1.98. The van der Waals surface area contributed by atoms with Gasteiger partial charge in [0.05, 0.1) is 6.61 Å². The van der Waals surface area contributed by atoms with Gasteiger partial charge in [-0.15, -0.1) is 0 Å². The van der Waals surface area contributed by atoms with Gasteiger partial charge in [0.15, 0.2) is 5.96 Å². The fourth-order valence-corrected chi connectivity index (χ4v) is 1.98. The van der Waals surface area contributed by atoms with Crippen LogP contribution < -0.4 is 10.6 Å². The summed E-state index contributed by atoms with van der Waals surface area (Å²) in [5, 5.41) is 6.53. The van der Waals surface area contributed by atoms with Gasteiger partial charge in [-0.25, -0.2) is 4.79 Å². The minimum Gasteiger partial charge on any atom is -0.450 e. The molecule has 1 aliphatic heterocycles. The summed E-state index contributed by atoms with van der Waals surface area (Å²) < 4.78 is 4.99. The van der Waals surface area contributed by atoms with Crippen molar-refractivity contribution in [2.24, 2.45) is 4.99 Å². The molecule has 0 atom stereocenters. The first-order valence-corrected chi connectivity index (χ1v) is 6.60. The summed E-state index contributed by atoms with van der Waals surface area (Å²) in [6.07, 6.45) is 1.64. The molecule has 0 saturated carbocycles. The predicted molar refractivity (Wildman–Crippen MR) is 71.8 cm³/mol. The van der Waals surface area contributed by atoms with Crippen molar-refractivity contribution in [3.05, 3.63) is 0 Å². The standard InChI is InChI=1S/C12H24N4O2/c1-4-14-11(13-3)15-10-6-8-16(9-7-10)12(17)18-5-2/h10H,4-9H2,1-3H3,(H2,13,14,15). The lowest BCUT2D eigenvalue weighted by Gasteiger charge is -2.32. The second-order valence-electron chi connectivity index (χ2n) is 4.21. The highest BCUT2D eigenvalue weighted by atomic mass is 16.6. The molecule has 1 saturated heterocycles. The Morgan fingerprint density at radius 2 is 2.06 bits per heavy atom. The van der Waals surface area contributed by atoms with Gasteiger partial charge in [0.25, 0.3) is 0 Å². The van der Waals surface area contributed by atoms with E-state index in [1.165, 1.54) is 0 Å². The minimum absolute atomic E-state index is 0.202. The molecule has 2 N–H and O–H groups in total. The Morgan fingerprint density at radius 1 is 1.39 bits per heavy atom. The van der Waals surface area contributed by atoms with Gasteiger partial charge >= 0.3 is 6.09 Å². The Bertz CT molecular complexity index is 286. The van der Waals surface area contributed by atoms with Crippen molar-refractivity contribution >= 4 is 12.1 Å². The average molecular weight is 256 g/mol. The van der Waals surface area contributed by atoms with Crippen LogP contribution in [-0.4, -0.2) is 56.3 Å². The number of likely N-dealkylation sites (tertiary alicyclic amines) is 1.